The molecule has 0 amide bonds. The number of thiocarbonyl (C=S) groups is 1. The van der Waals surface area contributed by atoms with Crippen molar-refractivity contribution in [1.29, 1.82) is 0 Å². The predicted molar refractivity (Wildman–Crippen MR) is 79.7 cm³/mol. The Kier molecular flexibility index (Phi) is 4.11. The fourth-order valence-electron chi connectivity index (χ4n) is 1.57. The average molecular weight is 343 g/mol. The molecule has 3 N–H and O–H groups in total. The second-order valence-electron chi connectivity index (χ2n) is 3.80. The zero-order valence-electron chi connectivity index (χ0n) is 9.58. The van der Waals surface area contributed by atoms with Crippen LogP contribution in [0.15, 0.2) is 40.9 Å². The van der Waals surface area contributed by atoms with Crippen LogP contribution in [0.25, 0.3) is 0 Å². The fraction of sp³-hybridized carbons (Fsp3) is 0. The van der Waals surface area contributed by atoms with Gasteiger partial charge in [-0.2, -0.15) is 0 Å². The summed E-state index contributed by atoms with van der Waals surface area (Å²) in [4.78, 5) is 0.0412. The summed E-state index contributed by atoms with van der Waals surface area (Å²) in [6, 6.07) is 8.50. The minimum atomic E-state index is -0.454. The van der Waals surface area contributed by atoms with Crippen LogP contribution in [-0.2, 0) is 0 Å². The molecule has 2 aromatic carbocycles. The predicted octanol–water partition coefficient (Wildman–Crippen LogP) is 4.11. The molecule has 6 heteroatoms. The average Bonchev–Trinajstić information content (AvgIpc) is 2.34. The van der Waals surface area contributed by atoms with E-state index in [1.807, 2.05) is 0 Å². The molecule has 0 aromatic heterocycles. The topological polar surface area (TPSA) is 38.0 Å². The lowest BCUT2D eigenvalue weighted by atomic mass is 10.1. The molecule has 2 aromatic rings. The summed E-state index contributed by atoms with van der Waals surface area (Å²) in [5.74, 6) is -0.891. The SMILES string of the molecule is NC(=S)c1cc(F)ccc1Nc1ccc(Br)cc1F. The van der Waals surface area contributed by atoms with Crippen molar-refractivity contribution < 1.29 is 8.78 Å². The lowest BCUT2D eigenvalue weighted by Gasteiger charge is -2.12. The molecule has 0 aliphatic rings. The number of benzene rings is 2. The summed E-state index contributed by atoms with van der Waals surface area (Å²) in [6.07, 6.45) is 0. The highest BCUT2D eigenvalue weighted by Gasteiger charge is 2.09. The molecule has 0 spiro atoms. The van der Waals surface area contributed by atoms with Gasteiger partial charge in [0.05, 0.1) is 5.69 Å². The van der Waals surface area contributed by atoms with Crippen LogP contribution in [-0.4, -0.2) is 4.99 Å². The molecule has 19 heavy (non-hydrogen) atoms. The minimum Gasteiger partial charge on any atom is -0.389 e. The zero-order valence-corrected chi connectivity index (χ0v) is 12.0. The third-order valence-electron chi connectivity index (χ3n) is 2.45. The van der Waals surface area contributed by atoms with Gasteiger partial charge in [0.2, 0.25) is 0 Å². The fourth-order valence-corrected chi connectivity index (χ4v) is 2.07. The van der Waals surface area contributed by atoms with E-state index in [1.165, 1.54) is 24.3 Å². The maximum Gasteiger partial charge on any atom is 0.147 e. The highest BCUT2D eigenvalue weighted by atomic mass is 79.9. The molecule has 98 valence electrons. The van der Waals surface area contributed by atoms with Crippen molar-refractivity contribution in [3.05, 3.63) is 58.1 Å². The first-order valence-corrected chi connectivity index (χ1v) is 6.49. The van der Waals surface area contributed by atoms with Gasteiger partial charge in [-0.1, -0.05) is 28.1 Å². The Hall–Kier alpha value is -1.53. The van der Waals surface area contributed by atoms with Crippen molar-refractivity contribution >= 4 is 44.5 Å². The van der Waals surface area contributed by atoms with Gasteiger partial charge >= 0.3 is 0 Å². The van der Waals surface area contributed by atoms with Crippen molar-refractivity contribution in [2.45, 2.75) is 0 Å². The van der Waals surface area contributed by atoms with Crippen molar-refractivity contribution in [3.63, 3.8) is 0 Å². The molecule has 0 fully saturated rings. The molecular weight excluding hydrogens is 334 g/mol. The van der Waals surface area contributed by atoms with Crippen LogP contribution >= 0.6 is 28.1 Å². The molecule has 0 unspecified atom stereocenters. The van der Waals surface area contributed by atoms with Gasteiger partial charge in [-0.05, 0) is 36.4 Å². The minimum absolute atomic E-state index is 0.0412. The van der Waals surface area contributed by atoms with Crippen molar-refractivity contribution in [2.75, 3.05) is 5.32 Å². The van der Waals surface area contributed by atoms with Gasteiger partial charge in [-0.25, -0.2) is 8.78 Å². The lowest BCUT2D eigenvalue weighted by molar-refractivity contribution is 0.627. The summed E-state index contributed by atoms with van der Waals surface area (Å²) in [7, 11) is 0. The van der Waals surface area contributed by atoms with Gasteiger partial charge in [0.25, 0.3) is 0 Å². The van der Waals surface area contributed by atoms with Crippen LogP contribution in [0, 0.1) is 11.6 Å². The van der Waals surface area contributed by atoms with E-state index in [4.69, 9.17) is 18.0 Å². The first kappa shape index (κ1) is 13.9. The Balaban J connectivity index is 2.40. The van der Waals surface area contributed by atoms with Crippen molar-refractivity contribution in [3.8, 4) is 0 Å². The van der Waals surface area contributed by atoms with Gasteiger partial charge in [-0.15, -0.1) is 0 Å². The van der Waals surface area contributed by atoms with Crippen LogP contribution in [0.5, 0.6) is 0 Å². The monoisotopic (exact) mass is 342 g/mol. The summed E-state index contributed by atoms with van der Waals surface area (Å²) in [5.41, 5.74) is 6.56. The van der Waals surface area contributed by atoms with Gasteiger partial charge < -0.3 is 11.1 Å². The molecular formula is C13H9BrF2N2S. The van der Waals surface area contributed by atoms with Crippen LogP contribution in [0.4, 0.5) is 20.2 Å². The quantitative estimate of drug-likeness (QED) is 0.824. The van der Waals surface area contributed by atoms with Crippen LogP contribution in [0.3, 0.4) is 0 Å². The molecule has 2 nitrogen and oxygen atoms in total. The summed E-state index contributed by atoms with van der Waals surface area (Å²) in [6.45, 7) is 0. The van der Waals surface area contributed by atoms with E-state index in [1.54, 1.807) is 12.1 Å². The highest BCUT2D eigenvalue weighted by Crippen LogP contribution is 2.26. The largest absolute Gasteiger partial charge is 0.389 e. The molecule has 0 radical (unpaired) electrons. The third kappa shape index (κ3) is 3.27. The number of anilines is 2. The molecule has 2 rings (SSSR count). The molecule has 0 saturated heterocycles. The third-order valence-corrected chi connectivity index (χ3v) is 3.16. The number of nitrogens with one attached hydrogen (secondary N) is 1. The van der Waals surface area contributed by atoms with Gasteiger partial charge in [0.15, 0.2) is 0 Å². The number of hydrogen-bond acceptors (Lipinski definition) is 2. The van der Waals surface area contributed by atoms with E-state index in [0.29, 0.717) is 15.7 Å². The van der Waals surface area contributed by atoms with Gasteiger partial charge in [0.1, 0.15) is 16.6 Å². The molecule has 0 atom stereocenters. The number of rotatable bonds is 3. The van der Waals surface area contributed by atoms with E-state index in [2.05, 4.69) is 21.2 Å². The van der Waals surface area contributed by atoms with Crippen molar-refractivity contribution in [1.82, 2.24) is 0 Å². The van der Waals surface area contributed by atoms with Gasteiger partial charge in [0, 0.05) is 15.7 Å². The molecule has 0 saturated carbocycles. The summed E-state index contributed by atoms with van der Waals surface area (Å²) >= 11 is 8.02. The Labute approximate surface area is 122 Å². The zero-order chi connectivity index (χ0) is 14.0. The first-order valence-electron chi connectivity index (χ1n) is 5.29. The maximum atomic E-state index is 13.7. The standard InChI is InChI=1S/C13H9BrF2N2S/c14-7-1-3-12(10(16)5-7)18-11-4-2-8(15)6-9(11)13(17)19/h1-6,18H,(H2,17,19). The normalized spacial score (nSPS) is 10.3. The van der Waals surface area contributed by atoms with E-state index in [9.17, 15) is 8.78 Å². The Morgan fingerprint density at radius 3 is 2.42 bits per heavy atom. The van der Waals surface area contributed by atoms with E-state index < -0.39 is 11.6 Å². The molecule has 0 aliphatic carbocycles. The Morgan fingerprint density at radius 2 is 1.79 bits per heavy atom. The summed E-state index contributed by atoms with van der Waals surface area (Å²) < 4.78 is 27.5. The van der Waals surface area contributed by atoms with Crippen LogP contribution < -0.4 is 11.1 Å². The second-order valence-corrected chi connectivity index (χ2v) is 5.16. The second kappa shape index (κ2) is 5.63. The number of hydrogen-bond donors (Lipinski definition) is 2. The first-order chi connectivity index (χ1) is 8.97. The molecule has 0 heterocycles. The van der Waals surface area contributed by atoms with Crippen LogP contribution in [0.2, 0.25) is 0 Å². The van der Waals surface area contributed by atoms with E-state index >= 15 is 0 Å². The highest BCUT2D eigenvalue weighted by molar-refractivity contribution is 9.10. The van der Waals surface area contributed by atoms with Gasteiger partial charge in [-0.3, -0.25) is 0 Å². The maximum absolute atomic E-state index is 13.7. The Bertz CT molecular complexity index is 647. The molecule has 0 aliphatic heterocycles. The lowest BCUT2D eigenvalue weighted by Crippen LogP contribution is -2.12. The summed E-state index contributed by atoms with van der Waals surface area (Å²) in [5, 5.41) is 2.85. The number of halogens is 3. The van der Waals surface area contributed by atoms with Crippen LogP contribution in [0.1, 0.15) is 5.56 Å². The van der Waals surface area contributed by atoms with Crippen molar-refractivity contribution in [2.24, 2.45) is 5.73 Å². The van der Waals surface area contributed by atoms with E-state index in [0.717, 1.165) is 0 Å². The number of nitrogens with two attached hydrogens (primary N) is 1. The van der Waals surface area contributed by atoms with E-state index in [-0.39, 0.29) is 10.7 Å². The smallest absolute Gasteiger partial charge is 0.147 e. The molecule has 0 bridgehead atoms. The Morgan fingerprint density at radius 1 is 1.11 bits per heavy atom.